The lowest BCUT2D eigenvalue weighted by Crippen LogP contribution is -2.40. The highest BCUT2D eigenvalue weighted by Gasteiger charge is 2.32. The molecule has 2 rings (SSSR count). The van der Waals surface area contributed by atoms with E-state index in [9.17, 15) is 9.50 Å². The zero-order chi connectivity index (χ0) is 14.0. The van der Waals surface area contributed by atoms with Gasteiger partial charge in [-0.25, -0.2) is 4.39 Å². The van der Waals surface area contributed by atoms with Crippen LogP contribution in [0.4, 0.5) is 10.1 Å². The molecule has 4 nitrogen and oxygen atoms in total. The molecule has 0 heterocycles. The summed E-state index contributed by atoms with van der Waals surface area (Å²) in [5.74, 6) is -0.582. The van der Waals surface area contributed by atoms with E-state index in [0.717, 1.165) is 25.7 Å². The summed E-state index contributed by atoms with van der Waals surface area (Å²) in [6.45, 7) is 0.471. The largest absolute Gasteiger partial charge is 0.388 e. The molecule has 19 heavy (non-hydrogen) atoms. The summed E-state index contributed by atoms with van der Waals surface area (Å²) >= 11 is 0. The maximum absolute atomic E-state index is 13.2. The van der Waals surface area contributed by atoms with Crippen molar-refractivity contribution in [2.75, 3.05) is 18.5 Å². The Morgan fingerprint density at radius 3 is 2.68 bits per heavy atom. The third-order valence-corrected chi connectivity index (χ3v) is 3.73. The Balaban J connectivity index is 2.23. The van der Waals surface area contributed by atoms with Gasteiger partial charge in [0.25, 0.3) is 0 Å². The summed E-state index contributed by atoms with van der Waals surface area (Å²) in [5.41, 5.74) is 5.85. The van der Waals surface area contributed by atoms with Gasteiger partial charge in [0.1, 0.15) is 11.7 Å². The Kier molecular flexibility index (Phi) is 3.75. The lowest BCUT2D eigenvalue weighted by atomic mass is 10.0. The van der Waals surface area contributed by atoms with E-state index >= 15 is 0 Å². The predicted octanol–water partition coefficient (Wildman–Crippen LogP) is 1.85. The highest BCUT2D eigenvalue weighted by Crippen LogP contribution is 2.32. The van der Waals surface area contributed by atoms with Crippen molar-refractivity contribution < 1.29 is 9.50 Å². The van der Waals surface area contributed by atoms with Crippen molar-refractivity contribution in [2.24, 2.45) is 5.73 Å². The van der Waals surface area contributed by atoms with Gasteiger partial charge in [0.15, 0.2) is 0 Å². The second kappa shape index (κ2) is 5.17. The Bertz CT molecular complexity index is 484. The van der Waals surface area contributed by atoms with E-state index in [1.807, 2.05) is 11.9 Å². The molecule has 1 aliphatic carbocycles. The van der Waals surface area contributed by atoms with Crippen LogP contribution in [0.3, 0.4) is 0 Å². The molecule has 0 unspecified atom stereocenters. The number of likely N-dealkylation sites (N-methyl/N-ethyl adjacent to an activating group) is 1. The maximum atomic E-state index is 13.2. The summed E-state index contributed by atoms with van der Waals surface area (Å²) in [6, 6.07) is 4.20. The van der Waals surface area contributed by atoms with E-state index in [-0.39, 0.29) is 5.84 Å². The number of hydrogen-bond donors (Lipinski definition) is 3. The Morgan fingerprint density at radius 1 is 1.47 bits per heavy atom. The van der Waals surface area contributed by atoms with Gasteiger partial charge in [-0.2, -0.15) is 0 Å². The maximum Gasteiger partial charge on any atom is 0.125 e. The number of amidine groups is 1. The summed E-state index contributed by atoms with van der Waals surface area (Å²) in [4.78, 5) is 1.85. The van der Waals surface area contributed by atoms with Crippen LogP contribution in [0.1, 0.15) is 31.2 Å². The van der Waals surface area contributed by atoms with Crippen molar-refractivity contribution in [1.82, 2.24) is 0 Å². The second-order valence-corrected chi connectivity index (χ2v) is 5.36. The van der Waals surface area contributed by atoms with E-state index in [2.05, 4.69) is 0 Å². The second-order valence-electron chi connectivity index (χ2n) is 5.36. The van der Waals surface area contributed by atoms with Gasteiger partial charge in [-0.3, -0.25) is 5.41 Å². The van der Waals surface area contributed by atoms with Crippen molar-refractivity contribution in [3.8, 4) is 0 Å². The standard InChI is InChI=1S/C14H20FN3O/c1-18(9-14(19)6-2-3-7-14)12-5-4-10(15)8-11(12)13(16)17/h4-5,8,19H,2-3,6-7,9H2,1H3,(H3,16,17). The van der Waals surface area contributed by atoms with Crippen LogP contribution in [0.15, 0.2) is 18.2 Å². The number of hydrogen-bond acceptors (Lipinski definition) is 3. The van der Waals surface area contributed by atoms with Crippen molar-refractivity contribution in [3.63, 3.8) is 0 Å². The molecule has 0 saturated heterocycles. The first kappa shape index (κ1) is 13.8. The molecular weight excluding hydrogens is 245 g/mol. The quantitative estimate of drug-likeness (QED) is 0.574. The average molecular weight is 265 g/mol. The number of rotatable bonds is 4. The SMILES string of the molecule is CN(CC1(O)CCCC1)c1ccc(F)cc1C(=N)N. The molecule has 1 saturated carbocycles. The predicted molar refractivity (Wildman–Crippen MR) is 74.1 cm³/mol. The molecule has 1 aromatic rings. The Labute approximate surface area is 112 Å². The summed E-state index contributed by atoms with van der Waals surface area (Å²) in [5, 5.41) is 17.9. The molecule has 4 N–H and O–H groups in total. The lowest BCUT2D eigenvalue weighted by molar-refractivity contribution is 0.0559. The average Bonchev–Trinajstić information content (AvgIpc) is 2.75. The fourth-order valence-electron chi connectivity index (χ4n) is 2.77. The number of benzene rings is 1. The van der Waals surface area contributed by atoms with Crippen LogP contribution in [0.25, 0.3) is 0 Å². The molecular formula is C14H20FN3O. The van der Waals surface area contributed by atoms with Gasteiger partial charge in [0, 0.05) is 24.8 Å². The number of halogens is 1. The van der Waals surface area contributed by atoms with Gasteiger partial charge in [-0.1, -0.05) is 12.8 Å². The molecule has 1 fully saturated rings. The third kappa shape index (κ3) is 3.04. The number of nitrogens with zero attached hydrogens (tertiary/aromatic N) is 1. The van der Waals surface area contributed by atoms with Crippen molar-refractivity contribution in [2.45, 2.75) is 31.3 Å². The number of aliphatic hydroxyl groups is 1. The molecule has 0 aromatic heterocycles. The molecule has 1 aromatic carbocycles. The Morgan fingerprint density at radius 2 is 2.11 bits per heavy atom. The minimum Gasteiger partial charge on any atom is -0.388 e. The van der Waals surface area contributed by atoms with E-state index in [4.69, 9.17) is 11.1 Å². The van der Waals surface area contributed by atoms with Gasteiger partial charge >= 0.3 is 0 Å². The van der Waals surface area contributed by atoms with Crippen LogP contribution in [0, 0.1) is 11.2 Å². The van der Waals surface area contributed by atoms with Gasteiger partial charge in [-0.15, -0.1) is 0 Å². The van der Waals surface area contributed by atoms with E-state index < -0.39 is 11.4 Å². The highest BCUT2D eigenvalue weighted by molar-refractivity contribution is 6.00. The van der Waals surface area contributed by atoms with Crippen LogP contribution in [0.5, 0.6) is 0 Å². The van der Waals surface area contributed by atoms with Crippen molar-refractivity contribution in [3.05, 3.63) is 29.6 Å². The first-order valence-electron chi connectivity index (χ1n) is 6.49. The number of nitrogens with two attached hydrogens (primary N) is 1. The fourth-order valence-corrected chi connectivity index (χ4v) is 2.77. The molecule has 1 aliphatic rings. The highest BCUT2D eigenvalue weighted by atomic mass is 19.1. The summed E-state index contributed by atoms with van der Waals surface area (Å²) in [6.07, 6.45) is 3.64. The van der Waals surface area contributed by atoms with E-state index in [0.29, 0.717) is 17.8 Å². The van der Waals surface area contributed by atoms with Gasteiger partial charge in [-0.05, 0) is 31.0 Å². The monoisotopic (exact) mass is 265 g/mol. The van der Waals surface area contributed by atoms with Crippen LogP contribution >= 0.6 is 0 Å². The number of anilines is 1. The Hall–Kier alpha value is -1.62. The summed E-state index contributed by atoms with van der Waals surface area (Å²) in [7, 11) is 1.83. The molecule has 104 valence electrons. The van der Waals surface area contributed by atoms with Crippen LogP contribution in [0.2, 0.25) is 0 Å². The van der Waals surface area contributed by atoms with Crippen molar-refractivity contribution >= 4 is 11.5 Å². The first-order valence-corrected chi connectivity index (χ1v) is 6.49. The zero-order valence-electron chi connectivity index (χ0n) is 11.1. The molecule has 0 aliphatic heterocycles. The molecule has 0 radical (unpaired) electrons. The number of nitrogen functional groups attached to an aromatic ring is 1. The molecule has 0 bridgehead atoms. The topological polar surface area (TPSA) is 73.3 Å². The van der Waals surface area contributed by atoms with Crippen molar-refractivity contribution in [1.29, 1.82) is 5.41 Å². The van der Waals surface area contributed by atoms with E-state index in [1.165, 1.54) is 12.1 Å². The molecule has 0 atom stereocenters. The molecule has 0 spiro atoms. The zero-order valence-corrected chi connectivity index (χ0v) is 11.1. The molecule has 0 amide bonds. The van der Waals surface area contributed by atoms with Crippen LogP contribution in [-0.4, -0.2) is 30.1 Å². The lowest BCUT2D eigenvalue weighted by Gasteiger charge is -2.31. The fraction of sp³-hybridized carbons (Fsp3) is 0.500. The van der Waals surface area contributed by atoms with Gasteiger partial charge < -0.3 is 15.7 Å². The van der Waals surface area contributed by atoms with Crippen LogP contribution in [-0.2, 0) is 0 Å². The van der Waals surface area contributed by atoms with E-state index in [1.54, 1.807) is 6.07 Å². The van der Waals surface area contributed by atoms with Gasteiger partial charge in [0.2, 0.25) is 0 Å². The normalized spacial score (nSPS) is 17.4. The first-order chi connectivity index (χ1) is 8.91. The molecule has 5 heteroatoms. The third-order valence-electron chi connectivity index (χ3n) is 3.73. The smallest absolute Gasteiger partial charge is 0.125 e. The summed E-state index contributed by atoms with van der Waals surface area (Å²) < 4.78 is 13.2. The minimum absolute atomic E-state index is 0.167. The van der Waals surface area contributed by atoms with Crippen LogP contribution < -0.4 is 10.6 Å². The van der Waals surface area contributed by atoms with Gasteiger partial charge in [0.05, 0.1) is 5.60 Å². The minimum atomic E-state index is -0.683. The number of nitrogens with one attached hydrogen (secondary N) is 1.